The van der Waals surface area contributed by atoms with Gasteiger partial charge in [0.05, 0.1) is 25.5 Å². The normalized spacial score (nSPS) is 15.7. The van der Waals surface area contributed by atoms with E-state index in [9.17, 15) is 53.5 Å². The molecular formula is C109H104F2N16O19. The molecule has 13 aromatic rings. The third kappa shape index (κ3) is 23.5. The first-order valence-electron chi connectivity index (χ1n) is 47.7. The third-order valence-electron chi connectivity index (χ3n) is 24.3. The molecule has 1 saturated carbocycles. The molecule has 0 atom stereocenters. The van der Waals surface area contributed by atoms with Gasteiger partial charge in [0.1, 0.15) is 18.2 Å². The van der Waals surface area contributed by atoms with E-state index < -0.39 is 47.0 Å². The average Bonchev–Trinajstić information content (AvgIpc) is 1.62. The lowest BCUT2D eigenvalue weighted by molar-refractivity contribution is 0.0469. The molecular weight excluding hydrogens is 1880 g/mol. The van der Waals surface area contributed by atoms with Crippen molar-refractivity contribution in [1.82, 2.24) is 29.8 Å². The van der Waals surface area contributed by atoms with Crippen molar-refractivity contribution in [1.29, 1.82) is 0 Å². The number of nitrogens with zero attached hydrogens (tertiary/aromatic N) is 13. The number of halogens is 2. The number of ether oxygens (including phenoxy) is 4. The quantitative estimate of drug-likeness (QED) is 0.0111. The van der Waals surface area contributed by atoms with Crippen LogP contribution in [-0.2, 0) is 31.9 Å². The summed E-state index contributed by atoms with van der Waals surface area (Å²) in [6, 6.07) is 38.7. The highest BCUT2D eigenvalue weighted by Crippen LogP contribution is 2.47. The number of hydrogen-bond acceptors (Lipinski definition) is 35. The van der Waals surface area contributed by atoms with Crippen LogP contribution in [0, 0.1) is 18.6 Å². The number of esters is 4. The molecule has 7 aliphatic heterocycles. The van der Waals surface area contributed by atoms with Gasteiger partial charge in [0.15, 0.2) is 115 Å². The van der Waals surface area contributed by atoms with E-state index in [1.165, 1.54) is 79.3 Å². The van der Waals surface area contributed by atoms with Gasteiger partial charge in [-0.2, -0.15) is 0 Å². The average molecular weight is 1980 g/mol. The van der Waals surface area contributed by atoms with Crippen LogP contribution < -0.4 is 25.8 Å². The van der Waals surface area contributed by atoms with E-state index >= 15 is 0 Å². The molecule has 3 aromatic carbocycles. The minimum absolute atomic E-state index is 0.00253. The second kappa shape index (κ2) is 46.5. The van der Waals surface area contributed by atoms with E-state index in [4.69, 9.17) is 46.1 Å². The Labute approximate surface area is 836 Å². The van der Waals surface area contributed by atoms with Crippen molar-refractivity contribution < 1.29 is 99.6 Å². The Hall–Kier alpha value is -17.5. The molecule has 0 unspecified atom stereocenters. The fourth-order valence-electron chi connectivity index (χ4n) is 17.0. The first-order valence-corrected chi connectivity index (χ1v) is 47.7. The summed E-state index contributed by atoms with van der Waals surface area (Å²) >= 11 is 0. The van der Waals surface area contributed by atoms with Crippen molar-refractivity contribution in [3.8, 4) is 28.7 Å². The molecule has 146 heavy (non-hydrogen) atoms. The molecule has 35 nitrogen and oxygen atoms in total. The van der Waals surface area contributed by atoms with Gasteiger partial charge in [-0.05, 0) is 218 Å². The van der Waals surface area contributed by atoms with Crippen molar-refractivity contribution >= 4 is 183 Å². The van der Waals surface area contributed by atoms with Crippen LogP contribution in [0.4, 0.5) is 78.7 Å². The Morgan fingerprint density at radius 2 is 0.870 bits per heavy atom. The number of aliphatic imine (C=N–C) groups is 5. The molecule has 2 fully saturated rings. The monoisotopic (exact) mass is 1980 g/mol. The maximum atomic E-state index is 14.4. The summed E-state index contributed by atoms with van der Waals surface area (Å²) in [5.41, 5.74) is 11.3. The summed E-state index contributed by atoms with van der Waals surface area (Å²) in [4.78, 5) is 98.6. The highest BCUT2D eigenvalue weighted by atomic mass is 19.1. The largest absolute Gasteiger partial charge is 0.504 e. The van der Waals surface area contributed by atoms with E-state index in [0.717, 1.165) is 102 Å². The molecule has 0 radical (unpaired) electrons. The van der Waals surface area contributed by atoms with E-state index in [1.54, 1.807) is 125 Å². The number of fused-ring (bicyclic) bond motifs is 6. The minimum Gasteiger partial charge on any atom is -0.504 e. The second-order valence-electron chi connectivity index (χ2n) is 34.7. The zero-order valence-electron chi connectivity index (χ0n) is 80.3. The lowest BCUT2D eigenvalue weighted by atomic mass is 10.00. The number of aryl methyl sites for hydroxylation is 1. The smallest absolute Gasteiger partial charge is 0.347 e. The van der Waals surface area contributed by atoms with E-state index in [0.29, 0.717) is 95.0 Å². The second-order valence-corrected chi connectivity index (χ2v) is 34.7. The molecule has 0 spiro atoms. The molecule has 1 aliphatic carbocycles. The van der Waals surface area contributed by atoms with Crippen molar-refractivity contribution in [3.05, 3.63) is 272 Å². The molecule has 748 valence electrons. The number of carbonyl (C=O) groups is 4. The topological polar surface area (TPSA) is 464 Å². The number of pyridine rings is 5. The van der Waals surface area contributed by atoms with E-state index in [1.807, 2.05) is 95.5 Å². The molecule has 10 aromatic heterocycles. The summed E-state index contributed by atoms with van der Waals surface area (Å²) < 4.78 is 77.7. The molecule has 1 saturated heterocycles. The number of hydrogen-bond donors (Lipinski definition) is 9. The highest BCUT2D eigenvalue weighted by molar-refractivity contribution is 6.24. The van der Waals surface area contributed by atoms with E-state index in [-0.39, 0.29) is 119 Å². The number of furan rings is 5. The predicted octanol–water partition coefficient (Wildman–Crippen LogP) is 21.6. The predicted molar refractivity (Wildman–Crippen MR) is 552 cm³/mol. The first kappa shape index (κ1) is 100. The van der Waals surface area contributed by atoms with Gasteiger partial charge in [0.2, 0.25) is 23.5 Å². The molecule has 17 heterocycles. The molecule has 9 N–H and O–H groups in total. The van der Waals surface area contributed by atoms with Crippen molar-refractivity contribution in [2.45, 2.75) is 104 Å². The van der Waals surface area contributed by atoms with E-state index in [2.05, 4.69) is 78.0 Å². The number of benzene rings is 3. The Morgan fingerprint density at radius 3 is 1.32 bits per heavy atom. The number of aliphatic hydroxyl groups is 1. The Bertz CT molecular complexity index is 7340. The Balaban J connectivity index is 0.000000125. The molecule has 0 amide bonds. The number of anilines is 7. The number of aliphatic hydroxyl groups excluding tert-OH is 1. The van der Waals surface area contributed by atoms with Crippen LogP contribution in [0.25, 0.3) is 58.2 Å². The van der Waals surface area contributed by atoms with Gasteiger partial charge in [-0.25, -0.2) is 77.8 Å². The summed E-state index contributed by atoms with van der Waals surface area (Å²) in [7, 11) is 3.69. The zero-order chi connectivity index (χ0) is 102. The summed E-state index contributed by atoms with van der Waals surface area (Å²) in [5, 5.41) is 71.3. The van der Waals surface area contributed by atoms with Gasteiger partial charge >= 0.3 is 23.9 Å². The third-order valence-corrected chi connectivity index (χ3v) is 24.3. The number of likely N-dealkylation sites (N-methyl/N-ethyl adjacent to an activating group) is 1. The van der Waals surface area contributed by atoms with Gasteiger partial charge in [-0.15, -0.1) is 0 Å². The SMILES string of the molecule is CCOC(=O)c1c(N2CCCCC2)oc(C=C2C=Nc3ncccc32)c1O.CCOC(=O)c1c(N2CCc3ccccc3C2)oc(C=C2C=Nc3ncccc32)c1O.Cc1ccc(Nc2oc(C=C3C=Nc4ncccc43)c(O)c2C(=O)OCCN(C)C)c(F)c1.O=C(OCCCO)c1c(Nc2ccc(F)cc2)oc(C=C2C=Nc3ncccc32)c1O.Oc1cc(NC2CCCCCC2)oc1C=C1C=Nc2ncccc21. The molecule has 21 rings (SSSR count). The zero-order valence-corrected chi connectivity index (χ0v) is 80.3. The number of aromatic nitrogens is 5. The molecule has 8 aliphatic rings. The molecule has 0 bridgehead atoms. The number of rotatable bonds is 25. The van der Waals surface area contributed by atoms with Crippen LogP contribution in [0.2, 0.25) is 0 Å². The van der Waals surface area contributed by atoms with Gasteiger partial charge in [0.25, 0.3) is 0 Å². The lowest BCUT2D eigenvalue weighted by Gasteiger charge is -2.29. The standard InChI is InChI=1S/C24H23FN4O4.C24H21N3O4.C22H18FN3O5.C20H21N3O4.C19H21N3O2/c1-14-6-7-18(17(25)11-14)28-23-20(24(31)32-10-9-29(2)3)21(30)19(33-23)12-15-13-27-22-16(15)5-4-8-26-22;1-2-30-24(29)20-21(28)19(12-17-13-26-22-18(17)8-5-10-25-22)31-23(20)27-11-9-15-6-3-4-7-16(15)14-27;23-14-4-6-15(7-5-14)26-21-18(22(29)30-10-2-9-27)19(28)17(31-21)11-13-12-25-20-16(13)3-1-8-24-20;1-2-26-20(25)16-17(24)15(27-19(16)23-9-4-3-5-10-23)11-13-12-22-18-14(13)7-6-8-21-18;23-16-11-18(22-14-6-3-1-2-4-7-14)24-17(16)10-13-12-21-19-15(13)8-5-9-20-19/h4-8,11-13,28,30H,9-10H2,1-3H3;3-8,10,12-13,28H,2,9,11,14H2,1H3;1,3-8,11-12,26-28H,2,9-10H2;6-8,11-12,24H,2-5,9-10H2,1H3;5,8-12,14,22-23H,1-4,6-7H2. The number of piperidine rings is 1. The van der Waals surface area contributed by atoms with Crippen LogP contribution in [0.5, 0.6) is 28.7 Å². The van der Waals surface area contributed by atoms with Crippen molar-refractivity contribution in [2.24, 2.45) is 25.0 Å². The van der Waals surface area contributed by atoms with Crippen molar-refractivity contribution in [3.63, 3.8) is 0 Å². The fraction of sp³-hybridized carbons (Fsp3) is 0.248. The summed E-state index contributed by atoms with van der Waals surface area (Å²) in [6.45, 7) is 8.90. The van der Waals surface area contributed by atoms with Crippen LogP contribution in [0.1, 0.15) is 193 Å². The lowest BCUT2D eigenvalue weighted by Crippen LogP contribution is -2.31. The number of nitrogens with one attached hydrogen (secondary N) is 3. The van der Waals surface area contributed by atoms with Gasteiger partial charge < -0.3 is 102 Å². The fourth-order valence-corrected chi connectivity index (χ4v) is 17.0. The van der Waals surface area contributed by atoms with Crippen LogP contribution in [0.15, 0.2) is 211 Å². The van der Waals surface area contributed by atoms with Crippen LogP contribution in [-0.4, -0.2) is 195 Å². The number of aromatic hydroxyl groups is 5. The van der Waals surface area contributed by atoms with Gasteiger partial charge in [-0.3, -0.25) is 0 Å². The molecule has 37 heteroatoms. The highest BCUT2D eigenvalue weighted by Gasteiger charge is 2.36. The number of carbonyl (C=O) groups excluding carboxylic acids is 4. The number of allylic oxidation sites excluding steroid dienone is 5. The maximum Gasteiger partial charge on any atom is 0.347 e. The maximum absolute atomic E-state index is 14.4. The Morgan fingerprint density at radius 1 is 0.452 bits per heavy atom. The van der Waals surface area contributed by atoms with Gasteiger partial charge in [0, 0.05) is 181 Å². The van der Waals surface area contributed by atoms with Crippen LogP contribution >= 0.6 is 0 Å². The van der Waals surface area contributed by atoms with Gasteiger partial charge in [-0.1, -0.05) is 56.0 Å². The summed E-state index contributed by atoms with van der Waals surface area (Å²) in [6.07, 6.45) is 36.5. The van der Waals surface area contributed by atoms with Crippen LogP contribution in [0.3, 0.4) is 0 Å². The first-order chi connectivity index (χ1) is 71.0. The van der Waals surface area contributed by atoms with Crippen molar-refractivity contribution in [2.75, 3.05) is 99.1 Å². The minimum atomic E-state index is -0.828. The summed E-state index contributed by atoms with van der Waals surface area (Å²) in [5.74, 6) is 0.132. The Kier molecular flexibility index (Phi) is 31.9.